The van der Waals surface area contributed by atoms with Crippen LogP contribution in [0, 0.1) is 17.8 Å². The normalized spacial score (nSPS) is 19.1. The molecule has 6 atom stereocenters. The van der Waals surface area contributed by atoms with Crippen molar-refractivity contribution in [1.82, 2.24) is 0 Å². The van der Waals surface area contributed by atoms with E-state index in [4.69, 9.17) is 0 Å². The fourth-order valence-corrected chi connectivity index (χ4v) is 19.7. The van der Waals surface area contributed by atoms with E-state index in [1.165, 1.54) is 98.8 Å². The van der Waals surface area contributed by atoms with Gasteiger partial charge in [0.25, 0.3) is 0 Å². The van der Waals surface area contributed by atoms with Gasteiger partial charge in [-0.25, -0.2) is 0 Å². The Labute approximate surface area is 657 Å². The van der Waals surface area contributed by atoms with Gasteiger partial charge in [0, 0.05) is 72.7 Å². The van der Waals surface area contributed by atoms with Crippen molar-refractivity contribution in [1.29, 1.82) is 0 Å². The Morgan fingerprint density at radius 2 is 0.809 bits per heavy atom. The Bertz CT molecular complexity index is 5810. The van der Waals surface area contributed by atoms with E-state index in [2.05, 4.69) is 437 Å². The van der Waals surface area contributed by atoms with Gasteiger partial charge in [-0.2, -0.15) is 0 Å². The van der Waals surface area contributed by atoms with E-state index in [-0.39, 0.29) is 11.3 Å². The molecule has 0 spiro atoms. The average molecular weight is 1450 g/mol. The van der Waals surface area contributed by atoms with E-state index in [1.54, 1.807) is 0 Å². The van der Waals surface area contributed by atoms with Crippen molar-refractivity contribution in [2.75, 3.05) is 15.6 Å². The molecule has 14 aromatic rings. The van der Waals surface area contributed by atoms with Crippen molar-refractivity contribution >= 4 is 58.0 Å². The highest BCUT2D eigenvalue weighted by Gasteiger charge is 2.59. The van der Waals surface area contributed by atoms with Crippen LogP contribution in [0.4, 0.5) is 28.4 Å². The first-order valence-corrected chi connectivity index (χ1v) is 40.3. The van der Waals surface area contributed by atoms with Crippen molar-refractivity contribution in [3.8, 4) is 44.5 Å². The summed E-state index contributed by atoms with van der Waals surface area (Å²) in [5, 5.41) is 0. The van der Waals surface area contributed by atoms with E-state index >= 15 is 0 Å². The van der Waals surface area contributed by atoms with Gasteiger partial charge in [-0.15, -0.1) is 30.1 Å². The number of nitrogens with zero attached hydrogens (tertiary/aromatic N) is 2. The Morgan fingerprint density at radius 3 is 1.35 bits per heavy atom. The molecule has 14 aromatic carbocycles. The van der Waals surface area contributed by atoms with E-state index in [9.17, 15) is 0 Å². The highest BCUT2D eigenvalue weighted by atomic mass is 32.2. The molecule has 4 aliphatic rings. The van der Waals surface area contributed by atoms with Gasteiger partial charge in [0.15, 0.2) is 0 Å². The lowest BCUT2D eigenvalue weighted by atomic mass is 9.59. The molecule has 0 aromatic heterocycles. The van der Waals surface area contributed by atoms with Crippen LogP contribution in [0.25, 0.3) is 50.6 Å². The first-order chi connectivity index (χ1) is 54.2. The van der Waals surface area contributed by atoms with Crippen molar-refractivity contribution in [3.63, 3.8) is 0 Å². The van der Waals surface area contributed by atoms with E-state index in [0.717, 1.165) is 62.3 Å². The summed E-state index contributed by atoms with van der Waals surface area (Å²) in [6, 6.07) is 134. The molecule has 2 nitrogen and oxygen atoms in total. The maximum absolute atomic E-state index is 4.08. The predicted octanol–water partition coefficient (Wildman–Crippen LogP) is 28.0. The summed E-state index contributed by atoms with van der Waals surface area (Å²) in [4.78, 5) is 7.42. The Morgan fingerprint density at radius 1 is 0.373 bits per heavy atom. The number of hydrogen-bond donors (Lipinski definition) is 0. The molecule has 0 radical (unpaired) electrons. The molecule has 0 bridgehead atoms. The summed E-state index contributed by atoms with van der Waals surface area (Å²) in [5.74, 6) is 2.61. The summed E-state index contributed by atoms with van der Waals surface area (Å²) < 4.78 is 0. The van der Waals surface area contributed by atoms with Crippen molar-refractivity contribution in [3.05, 3.63) is 481 Å². The lowest BCUT2D eigenvalue weighted by molar-refractivity contribution is 0.364. The third-order valence-corrected chi connectivity index (χ3v) is 25.7. The second kappa shape index (κ2) is 29.8. The zero-order valence-corrected chi connectivity index (χ0v) is 63.6. The summed E-state index contributed by atoms with van der Waals surface area (Å²) in [6.07, 6.45) is 18.5. The quantitative estimate of drug-likeness (QED) is 0.0522. The molecular formula is C106H84N2S2. The maximum atomic E-state index is 4.08. The molecule has 0 aliphatic heterocycles. The Balaban J connectivity index is 0.713. The second-order valence-electron chi connectivity index (χ2n) is 29.7. The van der Waals surface area contributed by atoms with Gasteiger partial charge in [0.1, 0.15) is 0 Å². The van der Waals surface area contributed by atoms with Crippen LogP contribution < -0.4 is 9.80 Å². The summed E-state index contributed by atoms with van der Waals surface area (Å²) >= 11 is 3.78. The van der Waals surface area contributed by atoms with Crippen molar-refractivity contribution in [2.24, 2.45) is 17.8 Å². The molecular weight excluding hydrogens is 1370 g/mol. The first kappa shape index (κ1) is 69.6. The van der Waals surface area contributed by atoms with Crippen molar-refractivity contribution < 1.29 is 0 Å². The molecule has 4 unspecified atom stereocenters. The second-order valence-corrected chi connectivity index (χ2v) is 31.8. The number of allylic oxidation sites excluding steroid dienone is 7. The number of thioether (sulfide) groups is 2. The molecule has 4 aliphatic carbocycles. The lowest BCUT2D eigenvalue weighted by Gasteiger charge is -2.44. The molecule has 0 N–H and O–H groups in total. The van der Waals surface area contributed by atoms with Crippen LogP contribution in [0.1, 0.15) is 69.5 Å². The number of hydrogen-bond acceptors (Lipinski definition) is 4. The van der Waals surface area contributed by atoms with Gasteiger partial charge in [-0.3, -0.25) is 0 Å². The number of anilines is 5. The SMILES string of the molecule is C=Cc1ccc(CSc2ccc([C@@]3(c4ccccc4)c4ccccc4C4(C)C=CC(N(c5ccc(-c6ccccc6)cc5)c5ccc(-c6ccc(N(c7ccc(-c8ccccc8)cc7)c7ccc8c(c7)[C@](c7ccccc7)(c7ccc(SCC9=CC(C)C(C=C)C=C9)cc7)c7ccccc7-8)cc6)cc5)=CC43)cc2)cc1. The topological polar surface area (TPSA) is 6.48 Å². The zero-order valence-electron chi connectivity index (χ0n) is 62.0. The molecule has 0 fully saturated rings. The predicted molar refractivity (Wildman–Crippen MR) is 467 cm³/mol. The maximum Gasteiger partial charge on any atom is 0.0714 e. The smallest absolute Gasteiger partial charge is 0.0714 e. The molecule has 0 saturated carbocycles. The molecule has 18 rings (SSSR count). The lowest BCUT2D eigenvalue weighted by Crippen LogP contribution is -2.41. The van der Waals surface area contributed by atoms with Crippen LogP contribution in [0.5, 0.6) is 0 Å². The van der Waals surface area contributed by atoms with E-state index in [1.807, 2.05) is 29.6 Å². The third-order valence-electron chi connectivity index (χ3n) is 23.5. The fourth-order valence-electron chi connectivity index (χ4n) is 18.0. The van der Waals surface area contributed by atoms with E-state index < -0.39 is 10.8 Å². The van der Waals surface area contributed by atoms with Gasteiger partial charge in [-0.1, -0.05) is 336 Å². The highest BCUT2D eigenvalue weighted by Crippen LogP contribution is 2.64. The minimum atomic E-state index is -0.608. The van der Waals surface area contributed by atoms with Crippen molar-refractivity contribution in [2.45, 2.75) is 45.6 Å². The fraction of sp³-hybridized carbons (Fsp3) is 0.0943. The summed E-state index contributed by atoms with van der Waals surface area (Å²) in [6.45, 7) is 12.8. The van der Waals surface area contributed by atoms with Crippen LogP contribution in [0.2, 0.25) is 0 Å². The Kier molecular flexibility index (Phi) is 18.8. The van der Waals surface area contributed by atoms with Crippen LogP contribution in [-0.2, 0) is 22.0 Å². The first-order valence-electron chi connectivity index (χ1n) is 38.4. The molecule has 4 heteroatoms. The third kappa shape index (κ3) is 12.6. The zero-order chi connectivity index (χ0) is 74.2. The van der Waals surface area contributed by atoms with E-state index in [0.29, 0.717) is 11.8 Å². The minimum Gasteiger partial charge on any atom is -0.311 e. The minimum absolute atomic E-state index is 0.00776. The van der Waals surface area contributed by atoms with Gasteiger partial charge in [0.05, 0.1) is 10.8 Å². The number of rotatable bonds is 21. The molecule has 530 valence electrons. The molecule has 0 amide bonds. The highest BCUT2D eigenvalue weighted by molar-refractivity contribution is 7.99. The van der Waals surface area contributed by atoms with Crippen LogP contribution in [-0.4, -0.2) is 5.75 Å². The van der Waals surface area contributed by atoms with Crippen LogP contribution in [0.15, 0.2) is 435 Å². The van der Waals surface area contributed by atoms with Gasteiger partial charge in [-0.05, 0) is 203 Å². The summed E-state index contributed by atoms with van der Waals surface area (Å²) in [5.41, 5.74) is 28.6. The standard InChI is InChI=1S/C106H84N2S2/c1-5-75-35-37-76(38-36-75)72-109-95-64-51-88(52-65-95)106(86-29-17-10-18-30-86)101-34-22-21-33-100(101)104(4)68-67-94(71-103(104)106)108(91-55-43-82(44-56-91)80-25-13-8-14-26-80)92-59-47-84(48-60-92)83-45-57-90(58-46-83)107(89-53-41-81(42-54-89)79-23-11-7-12-24-79)93-61-66-98-97-31-19-20-32-99(97)105(102(98)70-93,85-27-15-9-16-28-85)87-49-62-96(63-50-87)110-73-77-39-40-78(6-2)74(3)69-77/h5-71,74,78,103H,1-2,72-73H2,3-4H3/t74?,78?,103?,104?,105-,106+/m1/s1. The molecule has 0 heterocycles. The van der Waals surface area contributed by atoms with Crippen LogP contribution in [0.3, 0.4) is 0 Å². The van der Waals surface area contributed by atoms with Gasteiger partial charge in [0.2, 0.25) is 0 Å². The molecule has 0 saturated heterocycles. The van der Waals surface area contributed by atoms with Crippen LogP contribution >= 0.6 is 23.5 Å². The van der Waals surface area contributed by atoms with Gasteiger partial charge < -0.3 is 9.80 Å². The number of fused-ring (bicyclic) bond motifs is 6. The molecule has 110 heavy (non-hydrogen) atoms. The average Bonchev–Trinajstić information content (AvgIpc) is 1.52. The summed E-state index contributed by atoms with van der Waals surface area (Å²) in [7, 11) is 0. The number of benzene rings is 14. The Hall–Kier alpha value is -12.2. The van der Waals surface area contributed by atoms with Gasteiger partial charge >= 0.3 is 0 Å². The largest absolute Gasteiger partial charge is 0.311 e. The monoisotopic (exact) mass is 1450 g/mol.